The van der Waals surface area contributed by atoms with E-state index in [9.17, 15) is 9.90 Å². The minimum absolute atomic E-state index is 0.118. The third-order valence-electron chi connectivity index (χ3n) is 5.56. The van der Waals surface area contributed by atoms with Crippen molar-refractivity contribution >= 4 is 5.97 Å². The standard InChI is InChI=1S/C22H31NO3.C3H6/c1-3-17-13-19(24)22(18-9-7-8-16(2)12-18)20(14-17)26-21(25)15-23-10-5-4-6-11-23;1-3-2/h12-14,18,24H,3-11,15H2,1-2H3;3H,1H2,2H3. The number of phenols is 1. The van der Waals surface area contributed by atoms with E-state index in [2.05, 4.69) is 24.5 Å². The molecule has 0 aromatic heterocycles. The van der Waals surface area contributed by atoms with Crippen LogP contribution in [0.4, 0.5) is 0 Å². The molecule has 0 amide bonds. The van der Waals surface area contributed by atoms with E-state index in [4.69, 9.17) is 4.74 Å². The van der Waals surface area contributed by atoms with E-state index in [1.807, 2.05) is 26.0 Å². The second-order valence-corrected chi connectivity index (χ2v) is 8.11. The Morgan fingerprint density at radius 2 is 1.97 bits per heavy atom. The van der Waals surface area contributed by atoms with Gasteiger partial charge in [-0.25, -0.2) is 0 Å². The van der Waals surface area contributed by atoms with Crippen molar-refractivity contribution in [2.24, 2.45) is 0 Å². The maximum atomic E-state index is 12.5. The first-order valence-electron chi connectivity index (χ1n) is 11.0. The van der Waals surface area contributed by atoms with Crippen LogP contribution in [0.5, 0.6) is 11.5 Å². The van der Waals surface area contributed by atoms with E-state index in [1.165, 1.54) is 12.0 Å². The maximum Gasteiger partial charge on any atom is 0.325 e. The molecule has 1 N–H and O–H groups in total. The number of carbonyl (C=O) groups is 1. The molecular weight excluding hydrogens is 362 g/mol. The van der Waals surface area contributed by atoms with Crippen LogP contribution in [-0.4, -0.2) is 35.6 Å². The SMILES string of the molecule is C=CC.CCc1cc(O)c(C2C=C(C)CCC2)c(OC(=O)CN2CCCCC2)c1. The second kappa shape index (κ2) is 11.8. The molecule has 1 aromatic carbocycles. The van der Waals surface area contributed by atoms with Gasteiger partial charge < -0.3 is 9.84 Å². The van der Waals surface area contributed by atoms with Crippen LogP contribution in [0.2, 0.25) is 0 Å². The molecule has 3 rings (SSSR count). The van der Waals surface area contributed by atoms with Gasteiger partial charge in [0.05, 0.1) is 6.54 Å². The molecule has 1 aromatic rings. The zero-order valence-corrected chi connectivity index (χ0v) is 18.4. The Kier molecular flexibility index (Phi) is 9.46. The molecule has 2 aliphatic rings. The second-order valence-electron chi connectivity index (χ2n) is 8.11. The summed E-state index contributed by atoms with van der Waals surface area (Å²) in [5.74, 6) is 0.686. The van der Waals surface area contributed by atoms with Gasteiger partial charge in [-0.1, -0.05) is 31.1 Å². The van der Waals surface area contributed by atoms with Crippen molar-refractivity contribution in [3.05, 3.63) is 47.6 Å². The van der Waals surface area contributed by atoms with E-state index >= 15 is 0 Å². The Labute approximate surface area is 176 Å². The molecule has 1 unspecified atom stereocenters. The highest BCUT2D eigenvalue weighted by molar-refractivity contribution is 5.75. The van der Waals surface area contributed by atoms with Crippen molar-refractivity contribution in [2.45, 2.75) is 71.6 Å². The third-order valence-corrected chi connectivity index (χ3v) is 5.56. The van der Waals surface area contributed by atoms with Crippen molar-refractivity contribution in [1.82, 2.24) is 4.90 Å². The summed E-state index contributed by atoms with van der Waals surface area (Å²) in [6.07, 6.45) is 11.5. The van der Waals surface area contributed by atoms with Crippen LogP contribution in [0.1, 0.15) is 76.3 Å². The van der Waals surface area contributed by atoms with Crippen molar-refractivity contribution in [1.29, 1.82) is 0 Å². The van der Waals surface area contributed by atoms with E-state index < -0.39 is 0 Å². The maximum absolute atomic E-state index is 12.5. The molecule has 4 heteroatoms. The minimum atomic E-state index is -0.225. The molecule has 0 bridgehead atoms. The fraction of sp³-hybridized carbons (Fsp3) is 0.560. The summed E-state index contributed by atoms with van der Waals surface area (Å²) in [6.45, 7) is 11.7. The first kappa shape index (κ1) is 23.2. The van der Waals surface area contributed by atoms with Crippen LogP contribution in [0.3, 0.4) is 0 Å². The van der Waals surface area contributed by atoms with Gasteiger partial charge in [0, 0.05) is 11.5 Å². The Morgan fingerprint density at radius 1 is 1.28 bits per heavy atom. The monoisotopic (exact) mass is 399 g/mol. The molecule has 0 spiro atoms. The Bertz CT molecular complexity index is 717. The van der Waals surface area contributed by atoms with Gasteiger partial charge in [0.15, 0.2) is 0 Å². The lowest BCUT2D eigenvalue weighted by molar-refractivity contribution is -0.135. The third kappa shape index (κ3) is 7.04. The van der Waals surface area contributed by atoms with Gasteiger partial charge in [0.2, 0.25) is 0 Å². The number of aryl methyl sites for hydroxylation is 1. The summed E-state index contributed by atoms with van der Waals surface area (Å²) < 4.78 is 5.79. The van der Waals surface area contributed by atoms with Crippen LogP contribution in [0, 0.1) is 0 Å². The van der Waals surface area contributed by atoms with E-state index in [-0.39, 0.29) is 17.6 Å². The summed E-state index contributed by atoms with van der Waals surface area (Å²) >= 11 is 0. The van der Waals surface area contributed by atoms with Gasteiger partial charge in [-0.15, -0.1) is 6.58 Å². The van der Waals surface area contributed by atoms with Crippen LogP contribution >= 0.6 is 0 Å². The molecule has 1 atom stereocenters. The quantitative estimate of drug-likeness (QED) is 0.389. The number of benzene rings is 1. The molecule has 1 fully saturated rings. The normalized spacial score (nSPS) is 19.6. The molecule has 1 saturated heterocycles. The highest BCUT2D eigenvalue weighted by Gasteiger charge is 2.24. The average molecular weight is 400 g/mol. The topological polar surface area (TPSA) is 49.8 Å². The first-order chi connectivity index (χ1) is 14.0. The van der Waals surface area contributed by atoms with Crippen molar-refractivity contribution in [3.63, 3.8) is 0 Å². The number of ether oxygens (including phenoxy) is 1. The zero-order valence-electron chi connectivity index (χ0n) is 18.4. The number of likely N-dealkylation sites (tertiary alicyclic amines) is 1. The van der Waals surface area contributed by atoms with Crippen molar-refractivity contribution < 1.29 is 14.6 Å². The summed E-state index contributed by atoms with van der Waals surface area (Å²) in [5, 5.41) is 10.6. The number of hydrogen-bond donors (Lipinski definition) is 1. The molecule has 29 heavy (non-hydrogen) atoms. The predicted octanol–water partition coefficient (Wildman–Crippen LogP) is 5.75. The van der Waals surface area contributed by atoms with Crippen LogP contribution in [-0.2, 0) is 11.2 Å². The molecule has 1 heterocycles. The van der Waals surface area contributed by atoms with E-state index in [0.29, 0.717) is 12.3 Å². The summed E-state index contributed by atoms with van der Waals surface area (Å²) in [7, 11) is 0. The predicted molar refractivity (Wildman–Crippen MR) is 120 cm³/mol. The summed E-state index contributed by atoms with van der Waals surface area (Å²) in [6, 6.07) is 3.75. The number of piperidine rings is 1. The number of rotatable bonds is 5. The Morgan fingerprint density at radius 3 is 2.59 bits per heavy atom. The number of allylic oxidation sites excluding steroid dienone is 3. The molecule has 160 valence electrons. The number of carbonyl (C=O) groups excluding carboxylic acids is 1. The van der Waals surface area contributed by atoms with Gasteiger partial charge in [0.25, 0.3) is 0 Å². The van der Waals surface area contributed by atoms with Gasteiger partial charge in [-0.3, -0.25) is 9.69 Å². The number of aromatic hydroxyl groups is 1. The molecule has 1 aliphatic heterocycles. The minimum Gasteiger partial charge on any atom is -0.507 e. The zero-order chi connectivity index (χ0) is 21.2. The van der Waals surface area contributed by atoms with Gasteiger partial charge >= 0.3 is 5.97 Å². The lowest BCUT2D eigenvalue weighted by atomic mass is 9.84. The van der Waals surface area contributed by atoms with Gasteiger partial charge in [0.1, 0.15) is 11.5 Å². The number of nitrogens with zero attached hydrogens (tertiary/aromatic N) is 1. The molecule has 4 nitrogen and oxygen atoms in total. The van der Waals surface area contributed by atoms with E-state index in [0.717, 1.165) is 62.7 Å². The molecule has 0 radical (unpaired) electrons. The van der Waals surface area contributed by atoms with Gasteiger partial charge in [-0.05, 0) is 83.2 Å². The largest absolute Gasteiger partial charge is 0.507 e. The van der Waals surface area contributed by atoms with Crippen LogP contribution < -0.4 is 4.74 Å². The molecule has 0 saturated carbocycles. The highest BCUT2D eigenvalue weighted by atomic mass is 16.5. The Balaban J connectivity index is 0.000000941. The van der Waals surface area contributed by atoms with Crippen molar-refractivity contribution in [3.8, 4) is 11.5 Å². The number of esters is 1. The van der Waals surface area contributed by atoms with Gasteiger partial charge in [-0.2, -0.15) is 0 Å². The lowest BCUT2D eigenvalue weighted by Gasteiger charge is -2.26. The smallest absolute Gasteiger partial charge is 0.325 e. The number of hydrogen-bond acceptors (Lipinski definition) is 4. The Hall–Kier alpha value is -2.07. The first-order valence-corrected chi connectivity index (χ1v) is 11.0. The van der Waals surface area contributed by atoms with E-state index in [1.54, 1.807) is 6.08 Å². The van der Waals surface area contributed by atoms with Crippen LogP contribution in [0.15, 0.2) is 36.4 Å². The fourth-order valence-corrected chi connectivity index (χ4v) is 4.12. The fourth-order valence-electron chi connectivity index (χ4n) is 4.12. The lowest BCUT2D eigenvalue weighted by Crippen LogP contribution is -2.36. The summed E-state index contributed by atoms with van der Waals surface area (Å²) in [5.41, 5.74) is 3.10. The molecular formula is C25H37NO3. The number of phenolic OH excluding ortho intramolecular Hbond substituents is 1. The van der Waals surface area contributed by atoms with Crippen LogP contribution in [0.25, 0.3) is 0 Å². The summed E-state index contributed by atoms with van der Waals surface area (Å²) in [4.78, 5) is 14.7. The molecule has 1 aliphatic carbocycles. The highest BCUT2D eigenvalue weighted by Crippen LogP contribution is 2.42. The average Bonchev–Trinajstić information content (AvgIpc) is 2.69. The van der Waals surface area contributed by atoms with Crippen molar-refractivity contribution in [2.75, 3.05) is 19.6 Å².